The molecule has 1 aliphatic heterocycles. The number of aromatic nitrogens is 4. The molecule has 1 aliphatic carbocycles. The fourth-order valence-electron chi connectivity index (χ4n) is 3.60. The zero-order valence-corrected chi connectivity index (χ0v) is 15.9. The molecule has 0 spiro atoms. The van der Waals surface area contributed by atoms with Crippen LogP contribution >= 0.6 is 11.3 Å². The van der Waals surface area contributed by atoms with E-state index in [0.29, 0.717) is 5.69 Å². The van der Waals surface area contributed by atoms with Gasteiger partial charge in [0.1, 0.15) is 0 Å². The second kappa shape index (κ2) is 7.81. The van der Waals surface area contributed by atoms with Crippen LogP contribution < -0.4 is 10.6 Å². The van der Waals surface area contributed by atoms with Gasteiger partial charge in [-0.3, -0.25) is 14.4 Å². The van der Waals surface area contributed by atoms with Crippen LogP contribution in [0.15, 0.2) is 6.20 Å². The Morgan fingerprint density at radius 1 is 1.38 bits per heavy atom. The molecule has 4 rings (SSSR count). The number of nitrogens with one attached hydrogen (secondary N) is 2. The predicted molar refractivity (Wildman–Crippen MR) is 99.3 cm³/mol. The number of amides is 1. The van der Waals surface area contributed by atoms with E-state index in [0.717, 1.165) is 69.2 Å². The first kappa shape index (κ1) is 17.6. The van der Waals surface area contributed by atoms with E-state index in [1.165, 1.54) is 4.88 Å². The summed E-state index contributed by atoms with van der Waals surface area (Å²) in [4.78, 5) is 20.9. The highest BCUT2D eigenvalue weighted by Crippen LogP contribution is 2.33. The first-order valence-corrected chi connectivity index (χ1v) is 10.1. The molecule has 0 aromatic carbocycles. The van der Waals surface area contributed by atoms with Gasteiger partial charge in [0.25, 0.3) is 5.91 Å². The molecule has 1 unspecified atom stereocenters. The molecule has 2 N–H and O–H groups in total. The molecule has 2 aliphatic rings. The lowest BCUT2D eigenvalue weighted by Gasteiger charge is -2.26. The number of piperazine rings is 1. The van der Waals surface area contributed by atoms with Crippen LogP contribution in [-0.4, -0.2) is 63.5 Å². The van der Waals surface area contributed by atoms with Crippen LogP contribution in [0.5, 0.6) is 0 Å². The van der Waals surface area contributed by atoms with E-state index in [4.69, 9.17) is 0 Å². The van der Waals surface area contributed by atoms with E-state index < -0.39 is 0 Å². The molecule has 0 saturated carbocycles. The lowest BCUT2D eigenvalue weighted by Crippen LogP contribution is -2.44. The van der Waals surface area contributed by atoms with Gasteiger partial charge in [-0.1, -0.05) is 5.21 Å². The van der Waals surface area contributed by atoms with E-state index >= 15 is 0 Å². The topological polar surface area (TPSA) is 88.0 Å². The summed E-state index contributed by atoms with van der Waals surface area (Å²) >= 11 is 1.74. The summed E-state index contributed by atoms with van der Waals surface area (Å²) in [7, 11) is 0. The van der Waals surface area contributed by atoms with Crippen molar-refractivity contribution in [3.63, 3.8) is 0 Å². The number of fused-ring (bicyclic) bond motifs is 1. The molecule has 1 amide bonds. The maximum Gasteiger partial charge on any atom is 0.273 e. The van der Waals surface area contributed by atoms with Crippen molar-refractivity contribution in [3.8, 4) is 0 Å². The number of hydrogen-bond acceptors (Lipinski definition) is 7. The number of carbonyl (C=O) groups excluding carboxylic acids is 1. The van der Waals surface area contributed by atoms with Crippen LogP contribution in [0.25, 0.3) is 0 Å². The van der Waals surface area contributed by atoms with Crippen LogP contribution in [0, 0.1) is 6.92 Å². The van der Waals surface area contributed by atoms with Gasteiger partial charge in [-0.05, 0) is 26.2 Å². The van der Waals surface area contributed by atoms with Crippen molar-refractivity contribution in [2.24, 2.45) is 0 Å². The lowest BCUT2D eigenvalue weighted by atomic mass is 9.97. The minimum Gasteiger partial charge on any atom is -0.342 e. The Morgan fingerprint density at radius 2 is 2.23 bits per heavy atom. The number of carbonyl (C=O) groups is 1. The molecular formula is C17H25N7OS. The van der Waals surface area contributed by atoms with E-state index in [9.17, 15) is 4.79 Å². The molecule has 1 fully saturated rings. The summed E-state index contributed by atoms with van der Waals surface area (Å²) in [6, 6.07) is -0.0119. The standard InChI is InChI=1S/C17H25N7OS/c1-12-19-16-13(3-2-4-15(16)26-12)20-17(25)14-11-24(22-21-14)10-9-23-7-5-18-6-8-23/h11,13,18H,2-10H2,1H3,(H,20,25). The van der Waals surface area contributed by atoms with Gasteiger partial charge in [0.2, 0.25) is 0 Å². The molecule has 0 radical (unpaired) electrons. The SMILES string of the molecule is Cc1nc2c(s1)CCCC2NC(=O)c1cn(CCN2CCNCC2)nn1. The van der Waals surface area contributed by atoms with E-state index in [2.05, 4.69) is 30.8 Å². The largest absolute Gasteiger partial charge is 0.342 e. The molecule has 0 bridgehead atoms. The fraction of sp³-hybridized carbons (Fsp3) is 0.647. The second-order valence-corrected chi connectivity index (χ2v) is 8.21. The van der Waals surface area contributed by atoms with Crippen molar-refractivity contribution in [1.29, 1.82) is 0 Å². The Hall–Kier alpha value is -1.84. The number of rotatable bonds is 5. The van der Waals surface area contributed by atoms with Crippen LogP contribution in [0.3, 0.4) is 0 Å². The van der Waals surface area contributed by atoms with Crippen molar-refractivity contribution < 1.29 is 4.79 Å². The van der Waals surface area contributed by atoms with Gasteiger partial charge >= 0.3 is 0 Å². The van der Waals surface area contributed by atoms with Gasteiger partial charge in [0, 0.05) is 37.6 Å². The summed E-state index contributed by atoms with van der Waals surface area (Å²) in [5, 5.41) is 15.7. The molecule has 2 aromatic heterocycles. The van der Waals surface area contributed by atoms with Crippen LogP contribution in [0.4, 0.5) is 0 Å². The average molecular weight is 376 g/mol. The Bertz CT molecular complexity index is 765. The van der Waals surface area contributed by atoms with Crippen LogP contribution in [0.1, 0.15) is 45.0 Å². The quantitative estimate of drug-likeness (QED) is 0.802. The summed E-state index contributed by atoms with van der Waals surface area (Å²) in [5.41, 5.74) is 1.42. The van der Waals surface area contributed by atoms with E-state index in [1.54, 1.807) is 22.2 Å². The van der Waals surface area contributed by atoms with Gasteiger partial charge in [-0.25, -0.2) is 4.98 Å². The summed E-state index contributed by atoms with van der Waals surface area (Å²) in [6.07, 6.45) is 4.82. The minimum atomic E-state index is -0.165. The maximum atomic E-state index is 12.6. The minimum absolute atomic E-state index is 0.0119. The molecule has 3 heterocycles. The summed E-state index contributed by atoms with van der Waals surface area (Å²) in [6.45, 7) is 7.87. The molecule has 1 atom stereocenters. The third-order valence-corrected chi connectivity index (χ3v) is 6.04. The molecule has 1 saturated heterocycles. The smallest absolute Gasteiger partial charge is 0.273 e. The highest BCUT2D eigenvalue weighted by atomic mass is 32.1. The summed E-state index contributed by atoms with van der Waals surface area (Å²) < 4.78 is 1.76. The van der Waals surface area contributed by atoms with Crippen molar-refractivity contribution in [2.45, 2.75) is 38.8 Å². The van der Waals surface area contributed by atoms with E-state index in [-0.39, 0.29) is 11.9 Å². The number of nitrogens with zero attached hydrogens (tertiary/aromatic N) is 5. The molecule has 26 heavy (non-hydrogen) atoms. The Balaban J connectivity index is 1.35. The molecule has 140 valence electrons. The lowest BCUT2D eigenvalue weighted by molar-refractivity contribution is 0.0926. The Morgan fingerprint density at radius 3 is 3.08 bits per heavy atom. The molecular weight excluding hydrogens is 350 g/mol. The van der Waals surface area contributed by atoms with Gasteiger partial charge in [-0.15, -0.1) is 16.4 Å². The number of hydrogen-bond donors (Lipinski definition) is 2. The predicted octanol–water partition coefficient (Wildman–Crippen LogP) is 0.756. The first-order valence-electron chi connectivity index (χ1n) is 9.29. The third kappa shape index (κ3) is 3.94. The first-order chi connectivity index (χ1) is 12.7. The zero-order chi connectivity index (χ0) is 17.9. The summed E-state index contributed by atoms with van der Waals surface area (Å²) in [5.74, 6) is -0.165. The number of aryl methyl sites for hydroxylation is 2. The number of thiazole rings is 1. The zero-order valence-electron chi connectivity index (χ0n) is 15.1. The maximum absolute atomic E-state index is 12.6. The normalized spacial score (nSPS) is 20.7. The van der Waals surface area contributed by atoms with Crippen molar-refractivity contribution in [2.75, 3.05) is 32.7 Å². The van der Waals surface area contributed by atoms with Crippen LogP contribution in [0.2, 0.25) is 0 Å². The average Bonchev–Trinajstić information content (AvgIpc) is 3.27. The van der Waals surface area contributed by atoms with Gasteiger partial charge in [-0.2, -0.15) is 0 Å². The van der Waals surface area contributed by atoms with Gasteiger partial charge in [0.15, 0.2) is 5.69 Å². The molecule has 2 aromatic rings. The van der Waals surface area contributed by atoms with Gasteiger partial charge in [0.05, 0.1) is 29.5 Å². The van der Waals surface area contributed by atoms with Crippen molar-refractivity contribution in [3.05, 3.63) is 27.5 Å². The highest BCUT2D eigenvalue weighted by molar-refractivity contribution is 7.11. The molecule has 8 nitrogen and oxygen atoms in total. The van der Waals surface area contributed by atoms with E-state index in [1.807, 2.05) is 6.92 Å². The Kier molecular flexibility index (Phi) is 5.28. The second-order valence-electron chi connectivity index (χ2n) is 6.92. The Labute approximate surface area is 157 Å². The van der Waals surface area contributed by atoms with Crippen molar-refractivity contribution >= 4 is 17.2 Å². The van der Waals surface area contributed by atoms with Crippen molar-refractivity contribution in [1.82, 2.24) is 35.5 Å². The van der Waals surface area contributed by atoms with Gasteiger partial charge < -0.3 is 10.6 Å². The third-order valence-electron chi connectivity index (χ3n) is 4.99. The fourth-order valence-corrected chi connectivity index (χ4v) is 4.64. The molecule has 9 heteroatoms. The monoisotopic (exact) mass is 375 g/mol. The highest BCUT2D eigenvalue weighted by Gasteiger charge is 2.26. The van der Waals surface area contributed by atoms with Crippen LogP contribution in [-0.2, 0) is 13.0 Å².